The monoisotopic (exact) mass is 327 g/mol. The van der Waals surface area contributed by atoms with Gasteiger partial charge in [-0.15, -0.1) is 0 Å². The van der Waals surface area contributed by atoms with E-state index in [2.05, 4.69) is 10.3 Å². The molecular formula is C18H18FN3O2. The van der Waals surface area contributed by atoms with Gasteiger partial charge in [0.2, 0.25) is 5.95 Å². The number of hydrogen-bond acceptors (Lipinski definition) is 3. The molecule has 2 heterocycles. The maximum atomic E-state index is 14.3. The van der Waals surface area contributed by atoms with E-state index in [-0.39, 0.29) is 5.69 Å². The van der Waals surface area contributed by atoms with Crippen LogP contribution in [0.2, 0.25) is 0 Å². The molecule has 0 fully saturated rings. The first-order valence-electron chi connectivity index (χ1n) is 7.64. The van der Waals surface area contributed by atoms with Gasteiger partial charge in [0, 0.05) is 12.7 Å². The van der Waals surface area contributed by atoms with Crippen molar-refractivity contribution in [2.24, 2.45) is 0 Å². The molecule has 5 nitrogen and oxygen atoms in total. The predicted molar refractivity (Wildman–Crippen MR) is 88.9 cm³/mol. The third kappa shape index (κ3) is 3.08. The number of methoxy groups -OCH3 is 1. The molecule has 2 aromatic heterocycles. The molecule has 1 N–H and O–H groups in total. The van der Waals surface area contributed by atoms with Gasteiger partial charge in [-0.1, -0.05) is 24.3 Å². The molecule has 0 bridgehead atoms. The van der Waals surface area contributed by atoms with Crippen LogP contribution in [0.15, 0.2) is 42.6 Å². The summed E-state index contributed by atoms with van der Waals surface area (Å²) in [6.07, 6.45) is 2.20. The van der Waals surface area contributed by atoms with Crippen LogP contribution in [0.25, 0.3) is 5.65 Å². The summed E-state index contributed by atoms with van der Waals surface area (Å²) < 4.78 is 20.9. The number of aromatic nitrogens is 2. The average Bonchev–Trinajstić information content (AvgIpc) is 2.92. The third-order valence-corrected chi connectivity index (χ3v) is 3.80. The Kier molecular flexibility index (Phi) is 4.46. The van der Waals surface area contributed by atoms with E-state index in [1.807, 2.05) is 37.3 Å². The second-order valence-corrected chi connectivity index (χ2v) is 5.50. The zero-order chi connectivity index (χ0) is 17.1. The number of para-hydroxylation sites is 1. The van der Waals surface area contributed by atoms with E-state index in [9.17, 15) is 9.18 Å². The highest BCUT2D eigenvalue weighted by atomic mass is 19.1. The first-order valence-corrected chi connectivity index (χ1v) is 7.64. The molecule has 0 saturated heterocycles. The van der Waals surface area contributed by atoms with Crippen molar-refractivity contribution in [1.29, 1.82) is 0 Å². The lowest BCUT2D eigenvalue weighted by molar-refractivity contribution is 0.0945. The van der Waals surface area contributed by atoms with Gasteiger partial charge in [0.1, 0.15) is 11.4 Å². The number of nitrogens with zero attached hydrogens (tertiary/aromatic N) is 2. The Labute approximate surface area is 139 Å². The third-order valence-electron chi connectivity index (χ3n) is 3.80. The SMILES string of the molecule is COc1ccccc1CCNC(=O)c1nc2ccc(C)cn2c1F. The number of hydrogen-bond donors (Lipinski definition) is 1. The molecule has 3 aromatic rings. The number of carbonyl (C=O) groups is 1. The number of carbonyl (C=O) groups excluding carboxylic acids is 1. The largest absolute Gasteiger partial charge is 0.496 e. The quantitative estimate of drug-likeness (QED) is 0.784. The summed E-state index contributed by atoms with van der Waals surface area (Å²) in [6, 6.07) is 11.1. The normalized spacial score (nSPS) is 10.8. The van der Waals surface area contributed by atoms with Crippen LogP contribution in [0.1, 0.15) is 21.6 Å². The van der Waals surface area contributed by atoms with Gasteiger partial charge in [0.25, 0.3) is 5.91 Å². The average molecular weight is 327 g/mol. The highest BCUT2D eigenvalue weighted by Gasteiger charge is 2.18. The number of amides is 1. The number of fused-ring (bicyclic) bond motifs is 1. The molecule has 0 unspecified atom stereocenters. The minimum Gasteiger partial charge on any atom is -0.496 e. The van der Waals surface area contributed by atoms with Crippen molar-refractivity contribution in [3.8, 4) is 5.75 Å². The van der Waals surface area contributed by atoms with Crippen molar-refractivity contribution in [2.75, 3.05) is 13.7 Å². The summed E-state index contributed by atoms with van der Waals surface area (Å²) in [6.45, 7) is 2.22. The standard InChI is InChI=1S/C18H18FN3O2/c1-12-7-8-15-21-16(17(19)22(15)11-12)18(23)20-10-9-13-5-3-4-6-14(13)24-2/h3-8,11H,9-10H2,1-2H3,(H,20,23). The van der Waals surface area contributed by atoms with Crippen LogP contribution < -0.4 is 10.1 Å². The van der Waals surface area contributed by atoms with E-state index in [4.69, 9.17) is 4.74 Å². The molecule has 0 aliphatic heterocycles. The highest BCUT2D eigenvalue weighted by molar-refractivity contribution is 5.93. The number of rotatable bonds is 5. The van der Waals surface area contributed by atoms with E-state index >= 15 is 0 Å². The van der Waals surface area contributed by atoms with Crippen molar-refractivity contribution < 1.29 is 13.9 Å². The van der Waals surface area contributed by atoms with Crippen molar-refractivity contribution in [3.05, 3.63) is 65.4 Å². The first-order chi connectivity index (χ1) is 11.6. The molecule has 0 saturated carbocycles. The maximum Gasteiger partial charge on any atom is 0.274 e. The van der Waals surface area contributed by atoms with Crippen molar-refractivity contribution in [3.63, 3.8) is 0 Å². The van der Waals surface area contributed by atoms with Crippen LogP contribution in [0.5, 0.6) is 5.75 Å². The van der Waals surface area contributed by atoms with Gasteiger partial charge < -0.3 is 10.1 Å². The number of imidazole rings is 1. The topological polar surface area (TPSA) is 55.6 Å². The van der Waals surface area contributed by atoms with E-state index in [0.717, 1.165) is 16.9 Å². The van der Waals surface area contributed by atoms with E-state index in [1.54, 1.807) is 19.4 Å². The van der Waals surface area contributed by atoms with Crippen LogP contribution >= 0.6 is 0 Å². The molecule has 0 aliphatic carbocycles. The summed E-state index contributed by atoms with van der Waals surface area (Å²) in [5.74, 6) is -0.409. The molecule has 6 heteroatoms. The molecule has 1 amide bonds. The molecule has 24 heavy (non-hydrogen) atoms. The summed E-state index contributed by atoms with van der Waals surface area (Å²) in [4.78, 5) is 16.3. The fraction of sp³-hybridized carbons (Fsp3) is 0.222. The van der Waals surface area contributed by atoms with Crippen LogP contribution in [0.3, 0.4) is 0 Å². The van der Waals surface area contributed by atoms with Gasteiger partial charge in [-0.25, -0.2) is 4.98 Å². The Morgan fingerprint density at radius 2 is 2.08 bits per heavy atom. The second-order valence-electron chi connectivity index (χ2n) is 5.50. The lowest BCUT2D eigenvalue weighted by Gasteiger charge is -2.08. The predicted octanol–water partition coefficient (Wildman–Crippen LogP) is 2.76. The number of aryl methyl sites for hydroxylation is 1. The van der Waals surface area contributed by atoms with Crippen molar-refractivity contribution >= 4 is 11.6 Å². The lowest BCUT2D eigenvalue weighted by Crippen LogP contribution is -2.27. The summed E-state index contributed by atoms with van der Waals surface area (Å²) in [5, 5.41) is 2.70. The van der Waals surface area contributed by atoms with Crippen LogP contribution in [0.4, 0.5) is 4.39 Å². The van der Waals surface area contributed by atoms with Crippen LogP contribution in [-0.4, -0.2) is 28.9 Å². The van der Waals surface area contributed by atoms with Crippen molar-refractivity contribution in [2.45, 2.75) is 13.3 Å². The van der Waals surface area contributed by atoms with Gasteiger partial charge >= 0.3 is 0 Å². The second kappa shape index (κ2) is 6.70. The summed E-state index contributed by atoms with van der Waals surface area (Å²) in [5.41, 5.74) is 2.09. The van der Waals surface area contributed by atoms with Gasteiger partial charge in [-0.3, -0.25) is 9.20 Å². The maximum absolute atomic E-state index is 14.3. The Morgan fingerprint density at radius 3 is 2.88 bits per heavy atom. The zero-order valence-electron chi connectivity index (χ0n) is 13.5. The minimum atomic E-state index is -0.650. The van der Waals surface area contributed by atoms with Gasteiger partial charge in [0.15, 0.2) is 5.69 Å². The fourth-order valence-electron chi connectivity index (χ4n) is 2.57. The molecule has 124 valence electrons. The Bertz CT molecular complexity index is 889. The van der Waals surface area contributed by atoms with Crippen LogP contribution in [0, 0.1) is 12.9 Å². The number of pyridine rings is 1. The minimum absolute atomic E-state index is 0.194. The summed E-state index contributed by atoms with van der Waals surface area (Å²) >= 11 is 0. The molecular weight excluding hydrogens is 309 g/mol. The number of ether oxygens (including phenoxy) is 1. The molecule has 3 rings (SSSR count). The fourth-order valence-corrected chi connectivity index (χ4v) is 2.57. The molecule has 0 aliphatic rings. The van der Waals surface area contributed by atoms with Gasteiger partial charge in [0.05, 0.1) is 7.11 Å². The molecule has 1 aromatic carbocycles. The van der Waals surface area contributed by atoms with Crippen LogP contribution in [-0.2, 0) is 6.42 Å². The first kappa shape index (κ1) is 16.0. The van der Waals surface area contributed by atoms with Gasteiger partial charge in [-0.05, 0) is 36.6 Å². The summed E-state index contributed by atoms with van der Waals surface area (Å²) in [7, 11) is 1.60. The number of benzene rings is 1. The van der Waals surface area contributed by atoms with Crippen molar-refractivity contribution in [1.82, 2.24) is 14.7 Å². The van der Waals surface area contributed by atoms with Gasteiger partial charge in [-0.2, -0.15) is 4.39 Å². The lowest BCUT2D eigenvalue weighted by atomic mass is 10.1. The Morgan fingerprint density at radius 1 is 1.29 bits per heavy atom. The zero-order valence-corrected chi connectivity index (χ0v) is 13.5. The number of nitrogens with one attached hydrogen (secondary N) is 1. The number of halogens is 1. The Hall–Kier alpha value is -2.89. The van der Waals surface area contributed by atoms with E-state index in [0.29, 0.717) is 18.6 Å². The smallest absolute Gasteiger partial charge is 0.274 e. The molecule has 0 spiro atoms. The molecule has 0 radical (unpaired) electrons. The van der Waals surface area contributed by atoms with E-state index in [1.165, 1.54) is 4.40 Å². The van der Waals surface area contributed by atoms with E-state index < -0.39 is 11.9 Å². The highest BCUT2D eigenvalue weighted by Crippen LogP contribution is 2.17. The Balaban J connectivity index is 1.70. The molecule has 0 atom stereocenters.